The molecule has 0 saturated heterocycles. The number of fused-ring (bicyclic) bond motifs is 3. The van der Waals surface area contributed by atoms with Crippen LogP contribution in [0.3, 0.4) is 0 Å². The molecular formula is C38H22F6N2. The number of aromatic nitrogens is 2. The van der Waals surface area contributed by atoms with Gasteiger partial charge in [0.1, 0.15) is 0 Å². The van der Waals surface area contributed by atoms with E-state index >= 15 is 0 Å². The van der Waals surface area contributed by atoms with Crippen LogP contribution in [-0.4, -0.2) is 9.97 Å². The van der Waals surface area contributed by atoms with Crippen molar-refractivity contribution in [3.05, 3.63) is 145 Å². The van der Waals surface area contributed by atoms with E-state index in [1.54, 1.807) is 24.3 Å². The average molecular weight is 621 g/mol. The van der Waals surface area contributed by atoms with Gasteiger partial charge in [-0.1, -0.05) is 97.1 Å². The predicted octanol–water partition coefficient (Wildman–Crippen LogP) is 11.5. The molecule has 7 aromatic rings. The van der Waals surface area contributed by atoms with Gasteiger partial charge in [-0.05, 0) is 58.7 Å². The first-order valence-electron chi connectivity index (χ1n) is 14.3. The summed E-state index contributed by atoms with van der Waals surface area (Å²) >= 11 is 0. The normalized spacial score (nSPS) is 12.1. The molecule has 8 heteroatoms. The van der Waals surface area contributed by atoms with Crippen molar-refractivity contribution in [2.24, 2.45) is 0 Å². The first-order valence-corrected chi connectivity index (χ1v) is 14.3. The Morgan fingerprint density at radius 1 is 0.370 bits per heavy atom. The van der Waals surface area contributed by atoms with E-state index < -0.39 is 23.5 Å². The highest BCUT2D eigenvalue weighted by Crippen LogP contribution is 2.41. The minimum absolute atomic E-state index is 0.267. The van der Waals surface area contributed by atoms with Gasteiger partial charge in [0.15, 0.2) is 0 Å². The molecule has 2 heterocycles. The lowest BCUT2D eigenvalue weighted by molar-refractivity contribution is -0.138. The fraction of sp³-hybridized carbons (Fsp3) is 0.0526. The van der Waals surface area contributed by atoms with E-state index in [9.17, 15) is 26.3 Å². The molecule has 0 saturated carbocycles. The molecule has 0 N–H and O–H groups in total. The Morgan fingerprint density at radius 2 is 0.739 bits per heavy atom. The van der Waals surface area contributed by atoms with Gasteiger partial charge in [-0.15, -0.1) is 0 Å². The molecule has 226 valence electrons. The topological polar surface area (TPSA) is 25.8 Å². The van der Waals surface area contributed by atoms with E-state index in [1.165, 1.54) is 12.1 Å². The summed E-state index contributed by atoms with van der Waals surface area (Å²) in [6.45, 7) is 0. The number of hydrogen-bond donors (Lipinski definition) is 0. The van der Waals surface area contributed by atoms with Crippen LogP contribution in [0.25, 0.3) is 66.6 Å². The average Bonchev–Trinajstić information content (AvgIpc) is 3.07. The van der Waals surface area contributed by atoms with Crippen molar-refractivity contribution in [1.82, 2.24) is 9.97 Å². The van der Waals surface area contributed by atoms with Crippen molar-refractivity contribution in [2.45, 2.75) is 12.4 Å². The molecule has 0 aliphatic heterocycles. The molecule has 0 unspecified atom stereocenters. The highest BCUT2D eigenvalue weighted by molar-refractivity contribution is 6.13. The summed E-state index contributed by atoms with van der Waals surface area (Å²) in [7, 11) is 0. The highest BCUT2D eigenvalue weighted by Gasteiger charge is 2.31. The fourth-order valence-corrected chi connectivity index (χ4v) is 5.69. The summed E-state index contributed by atoms with van der Waals surface area (Å²) in [5.41, 5.74) is 3.46. The zero-order chi connectivity index (χ0) is 32.1. The maximum absolute atomic E-state index is 13.7. The number of benzene rings is 5. The number of alkyl halides is 6. The Balaban J connectivity index is 1.58. The van der Waals surface area contributed by atoms with E-state index in [2.05, 4.69) is 0 Å². The van der Waals surface area contributed by atoms with Crippen molar-refractivity contribution in [1.29, 1.82) is 0 Å². The van der Waals surface area contributed by atoms with E-state index in [1.807, 2.05) is 72.8 Å². The Hall–Kier alpha value is -5.50. The van der Waals surface area contributed by atoms with Crippen molar-refractivity contribution in [3.63, 3.8) is 0 Å². The van der Waals surface area contributed by atoms with Crippen LogP contribution in [0, 0.1) is 0 Å². The van der Waals surface area contributed by atoms with Gasteiger partial charge in [-0.3, -0.25) is 0 Å². The molecule has 0 aliphatic carbocycles. The minimum atomic E-state index is -4.55. The summed E-state index contributed by atoms with van der Waals surface area (Å²) in [6.07, 6.45) is -9.10. The van der Waals surface area contributed by atoms with E-state index in [0.29, 0.717) is 33.2 Å². The molecule has 2 aromatic heterocycles. The summed E-state index contributed by atoms with van der Waals surface area (Å²) < 4.78 is 82.2. The van der Waals surface area contributed by atoms with Crippen LogP contribution in [0.5, 0.6) is 0 Å². The fourth-order valence-electron chi connectivity index (χ4n) is 5.69. The first kappa shape index (κ1) is 29.2. The molecule has 0 aliphatic rings. The van der Waals surface area contributed by atoms with E-state index in [-0.39, 0.29) is 11.1 Å². The van der Waals surface area contributed by atoms with E-state index in [4.69, 9.17) is 9.97 Å². The largest absolute Gasteiger partial charge is 0.416 e. The third kappa shape index (κ3) is 5.47. The van der Waals surface area contributed by atoms with Gasteiger partial charge < -0.3 is 0 Å². The second-order valence-corrected chi connectivity index (χ2v) is 10.9. The molecule has 0 amide bonds. The molecule has 0 spiro atoms. The lowest BCUT2D eigenvalue weighted by Crippen LogP contribution is -2.05. The molecule has 0 radical (unpaired) electrons. The van der Waals surface area contributed by atoms with Crippen LogP contribution in [0.4, 0.5) is 26.3 Å². The van der Waals surface area contributed by atoms with E-state index in [0.717, 1.165) is 46.5 Å². The molecule has 46 heavy (non-hydrogen) atoms. The van der Waals surface area contributed by atoms with Crippen LogP contribution in [0.2, 0.25) is 0 Å². The summed E-state index contributed by atoms with van der Waals surface area (Å²) in [6, 6.07) is 36.1. The quantitative estimate of drug-likeness (QED) is 0.145. The minimum Gasteiger partial charge on any atom is -0.245 e. The number of halogens is 6. The Kier molecular flexibility index (Phi) is 7.08. The van der Waals surface area contributed by atoms with Crippen molar-refractivity contribution in [3.8, 4) is 44.8 Å². The maximum Gasteiger partial charge on any atom is 0.416 e. The Labute approximate surface area is 259 Å². The standard InChI is InChI=1S/C38H22F6N2/c39-37(40,41)27-15-7-13-25(19-27)33-21-31(23-9-3-1-4-10-23)29-17-18-30-32(24-11-5-2-6-12-24)22-34(46-36(30)35(29)45-33)26-14-8-16-28(20-26)38(42,43)44/h1-22H. The van der Waals surface area contributed by atoms with Gasteiger partial charge in [-0.25, -0.2) is 9.97 Å². The van der Waals surface area contributed by atoms with Gasteiger partial charge in [-0.2, -0.15) is 26.3 Å². The summed E-state index contributed by atoms with van der Waals surface area (Å²) in [5, 5.41) is 1.39. The van der Waals surface area contributed by atoms with Crippen LogP contribution in [0.15, 0.2) is 133 Å². The number of hydrogen-bond acceptors (Lipinski definition) is 2. The molecule has 5 aromatic carbocycles. The van der Waals surface area contributed by atoms with Crippen LogP contribution in [-0.2, 0) is 12.4 Å². The summed E-state index contributed by atoms with van der Waals surface area (Å²) in [4.78, 5) is 9.80. The number of rotatable bonds is 4. The lowest BCUT2D eigenvalue weighted by atomic mass is 9.93. The van der Waals surface area contributed by atoms with Crippen LogP contribution < -0.4 is 0 Å². The van der Waals surface area contributed by atoms with Gasteiger partial charge >= 0.3 is 12.4 Å². The van der Waals surface area contributed by atoms with Crippen LogP contribution in [0.1, 0.15) is 11.1 Å². The first-order chi connectivity index (χ1) is 22.1. The van der Waals surface area contributed by atoms with Crippen LogP contribution >= 0.6 is 0 Å². The molecule has 0 fully saturated rings. The van der Waals surface area contributed by atoms with Crippen molar-refractivity contribution in [2.75, 3.05) is 0 Å². The second-order valence-electron chi connectivity index (χ2n) is 10.9. The number of nitrogens with zero attached hydrogens (tertiary/aromatic N) is 2. The third-order valence-electron chi connectivity index (χ3n) is 7.90. The van der Waals surface area contributed by atoms with Gasteiger partial charge in [0.2, 0.25) is 0 Å². The monoisotopic (exact) mass is 620 g/mol. The Bertz CT molecular complexity index is 2060. The zero-order valence-electron chi connectivity index (χ0n) is 23.9. The zero-order valence-corrected chi connectivity index (χ0v) is 23.9. The lowest BCUT2D eigenvalue weighted by Gasteiger charge is -2.16. The molecular weight excluding hydrogens is 598 g/mol. The van der Waals surface area contributed by atoms with Gasteiger partial charge in [0, 0.05) is 21.9 Å². The number of pyridine rings is 2. The smallest absolute Gasteiger partial charge is 0.245 e. The molecule has 7 rings (SSSR count). The second kappa shape index (κ2) is 11.1. The maximum atomic E-state index is 13.7. The molecule has 2 nitrogen and oxygen atoms in total. The van der Waals surface area contributed by atoms with Gasteiger partial charge in [0.25, 0.3) is 0 Å². The van der Waals surface area contributed by atoms with Gasteiger partial charge in [0.05, 0.1) is 33.5 Å². The Morgan fingerprint density at radius 3 is 1.11 bits per heavy atom. The third-order valence-corrected chi connectivity index (χ3v) is 7.90. The van der Waals surface area contributed by atoms with Crippen molar-refractivity contribution < 1.29 is 26.3 Å². The molecule has 0 atom stereocenters. The molecule has 0 bridgehead atoms. The summed E-state index contributed by atoms with van der Waals surface area (Å²) in [5.74, 6) is 0. The predicted molar refractivity (Wildman–Crippen MR) is 169 cm³/mol. The van der Waals surface area contributed by atoms with Crippen molar-refractivity contribution >= 4 is 21.8 Å². The highest BCUT2D eigenvalue weighted by atomic mass is 19.4. The SMILES string of the molecule is FC(F)(F)c1cccc(-c2cc(-c3ccccc3)c3ccc4c(-c5ccccc5)cc(-c5cccc(C(F)(F)F)c5)nc4c3n2)c1.